The second-order valence-corrected chi connectivity index (χ2v) is 4.31. The maximum atomic E-state index is 8.88. The number of nitrogens with zero attached hydrogens (tertiary/aromatic N) is 3. The van der Waals surface area contributed by atoms with E-state index in [0.717, 1.165) is 38.8 Å². The van der Waals surface area contributed by atoms with Crippen LogP contribution in [0.15, 0.2) is 10.3 Å². The second kappa shape index (κ2) is 7.22. The van der Waals surface area contributed by atoms with Crippen LogP contribution in [0.2, 0.25) is 0 Å². The average molecular weight is 227 g/mol. The van der Waals surface area contributed by atoms with Crippen LogP contribution in [-0.2, 0) is 0 Å². The smallest absolute Gasteiger partial charge is 0.104 e. The third-order valence-corrected chi connectivity index (χ3v) is 2.98. The summed E-state index contributed by atoms with van der Waals surface area (Å²) in [7, 11) is 2.12. The molecule has 0 radical (unpaired) electrons. The van der Waals surface area contributed by atoms with E-state index in [1.54, 1.807) is 0 Å². The first kappa shape index (κ1) is 13.0. The Morgan fingerprint density at radius 3 is 1.69 bits per heavy atom. The Balaban J connectivity index is 2.60. The van der Waals surface area contributed by atoms with Gasteiger partial charge in [0.05, 0.1) is 0 Å². The van der Waals surface area contributed by atoms with Gasteiger partial charge in [0.15, 0.2) is 0 Å². The lowest BCUT2D eigenvalue weighted by Crippen LogP contribution is -2.20. The molecule has 1 heterocycles. The maximum absolute atomic E-state index is 8.88. The van der Waals surface area contributed by atoms with Gasteiger partial charge < -0.3 is 15.3 Å². The Labute approximate surface area is 96.4 Å². The van der Waals surface area contributed by atoms with Gasteiger partial charge in [0.2, 0.25) is 0 Å². The standard InChI is InChI=1S/C11H21N3O2/c1-14-8-4-2-6-10(12-15)11(13-16)7-3-5-9-14/h15-16H,2-9H2,1H3/b12-10+,13-11+. The molecule has 0 aromatic heterocycles. The maximum Gasteiger partial charge on any atom is 0.104 e. The van der Waals surface area contributed by atoms with Crippen molar-refractivity contribution in [2.75, 3.05) is 20.1 Å². The Morgan fingerprint density at radius 2 is 1.31 bits per heavy atom. The minimum Gasteiger partial charge on any atom is -0.411 e. The third-order valence-electron chi connectivity index (χ3n) is 2.98. The fraction of sp³-hybridized carbons (Fsp3) is 0.818. The van der Waals surface area contributed by atoms with E-state index in [9.17, 15) is 0 Å². The molecule has 0 bridgehead atoms. The van der Waals surface area contributed by atoms with Crippen molar-refractivity contribution in [2.45, 2.75) is 38.5 Å². The van der Waals surface area contributed by atoms with Crippen molar-refractivity contribution in [2.24, 2.45) is 10.3 Å². The highest BCUT2D eigenvalue weighted by molar-refractivity contribution is 6.42. The number of oxime groups is 2. The second-order valence-electron chi connectivity index (χ2n) is 4.31. The summed E-state index contributed by atoms with van der Waals surface area (Å²) in [5.74, 6) is 0. The highest BCUT2D eigenvalue weighted by Crippen LogP contribution is 2.09. The summed E-state index contributed by atoms with van der Waals surface area (Å²) in [5, 5.41) is 24.2. The molecule has 1 aliphatic heterocycles. The molecule has 0 aliphatic carbocycles. The summed E-state index contributed by atoms with van der Waals surface area (Å²) >= 11 is 0. The minimum absolute atomic E-state index is 0.534. The van der Waals surface area contributed by atoms with Crippen LogP contribution in [0.4, 0.5) is 0 Å². The van der Waals surface area contributed by atoms with E-state index in [-0.39, 0.29) is 0 Å². The molecule has 2 N–H and O–H groups in total. The Hall–Kier alpha value is -1.10. The third kappa shape index (κ3) is 4.18. The number of hydrogen-bond donors (Lipinski definition) is 2. The largest absolute Gasteiger partial charge is 0.411 e. The quantitative estimate of drug-likeness (QED) is 0.491. The van der Waals surface area contributed by atoms with E-state index in [2.05, 4.69) is 22.3 Å². The summed E-state index contributed by atoms with van der Waals surface area (Å²) in [5.41, 5.74) is 1.07. The molecule has 92 valence electrons. The first-order chi connectivity index (χ1) is 7.77. The van der Waals surface area contributed by atoms with Crippen LogP contribution >= 0.6 is 0 Å². The zero-order chi connectivity index (χ0) is 11.8. The number of rotatable bonds is 0. The molecule has 5 heteroatoms. The van der Waals surface area contributed by atoms with Crippen LogP contribution in [0.3, 0.4) is 0 Å². The molecule has 1 rings (SSSR count). The van der Waals surface area contributed by atoms with Gasteiger partial charge in [-0.15, -0.1) is 0 Å². The van der Waals surface area contributed by atoms with Gasteiger partial charge in [0.1, 0.15) is 11.4 Å². The van der Waals surface area contributed by atoms with Gasteiger partial charge in [-0.2, -0.15) is 0 Å². The SMILES string of the molecule is CN1CCCCC(=N\O)/C(=N/O)CCCC1. The van der Waals surface area contributed by atoms with Crippen molar-refractivity contribution in [3.63, 3.8) is 0 Å². The van der Waals surface area contributed by atoms with Gasteiger partial charge >= 0.3 is 0 Å². The van der Waals surface area contributed by atoms with E-state index in [1.165, 1.54) is 0 Å². The van der Waals surface area contributed by atoms with Crippen LogP contribution in [-0.4, -0.2) is 46.9 Å². The van der Waals surface area contributed by atoms with Gasteiger partial charge in [0, 0.05) is 0 Å². The summed E-state index contributed by atoms with van der Waals surface area (Å²) in [6.07, 6.45) is 5.45. The van der Waals surface area contributed by atoms with Crippen LogP contribution in [0.1, 0.15) is 38.5 Å². The van der Waals surface area contributed by atoms with Gasteiger partial charge in [-0.25, -0.2) is 0 Å². The summed E-state index contributed by atoms with van der Waals surface area (Å²) in [6.45, 7) is 2.15. The number of hydrogen-bond acceptors (Lipinski definition) is 5. The van der Waals surface area contributed by atoms with Crippen LogP contribution < -0.4 is 0 Å². The monoisotopic (exact) mass is 227 g/mol. The Bertz CT molecular complexity index is 238. The lowest BCUT2D eigenvalue weighted by Gasteiger charge is -2.15. The normalized spacial score (nSPS) is 26.8. The average Bonchev–Trinajstić information content (AvgIpc) is 2.33. The van der Waals surface area contributed by atoms with E-state index < -0.39 is 0 Å². The minimum atomic E-state index is 0.534. The highest BCUT2D eigenvalue weighted by Gasteiger charge is 2.12. The van der Waals surface area contributed by atoms with Crippen molar-refractivity contribution in [3.8, 4) is 0 Å². The molecule has 0 aromatic carbocycles. The van der Waals surface area contributed by atoms with E-state index in [0.29, 0.717) is 24.3 Å². The molecular formula is C11H21N3O2. The van der Waals surface area contributed by atoms with Crippen molar-refractivity contribution in [1.29, 1.82) is 0 Å². The van der Waals surface area contributed by atoms with Crippen LogP contribution in [0, 0.1) is 0 Å². The summed E-state index contributed by atoms with van der Waals surface area (Å²) < 4.78 is 0. The molecule has 0 saturated carbocycles. The van der Waals surface area contributed by atoms with Gasteiger partial charge in [-0.05, 0) is 58.7 Å². The van der Waals surface area contributed by atoms with Crippen molar-refractivity contribution < 1.29 is 10.4 Å². The lowest BCUT2D eigenvalue weighted by atomic mass is 10.0. The van der Waals surface area contributed by atoms with E-state index in [4.69, 9.17) is 10.4 Å². The molecule has 0 aromatic rings. The summed E-state index contributed by atoms with van der Waals surface area (Å²) in [6, 6.07) is 0. The summed E-state index contributed by atoms with van der Waals surface area (Å²) in [4.78, 5) is 2.32. The molecular weight excluding hydrogens is 206 g/mol. The zero-order valence-electron chi connectivity index (χ0n) is 9.89. The van der Waals surface area contributed by atoms with E-state index >= 15 is 0 Å². The molecule has 1 saturated heterocycles. The fourth-order valence-electron chi connectivity index (χ4n) is 1.96. The molecule has 16 heavy (non-hydrogen) atoms. The lowest BCUT2D eigenvalue weighted by molar-refractivity contribution is 0.312. The van der Waals surface area contributed by atoms with Crippen molar-refractivity contribution in [3.05, 3.63) is 0 Å². The molecule has 0 spiro atoms. The van der Waals surface area contributed by atoms with Crippen LogP contribution in [0.5, 0.6) is 0 Å². The molecule has 1 fully saturated rings. The molecule has 0 amide bonds. The van der Waals surface area contributed by atoms with Gasteiger partial charge in [-0.3, -0.25) is 0 Å². The predicted octanol–water partition coefficient (Wildman–Crippen LogP) is 1.93. The van der Waals surface area contributed by atoms with Crippen molar-refractivity contribution in [1.82, 2.24) is 4.90 Å². The van der Waals surface area contributed by atoms with Gasteiger partial charge in [0.25, 0.3) is 0 Å². The molecule has 0 unspecified atom stereocenters. The molecule has 1 aliphatic rings. The zero-order valence-corrected chi connectivity index (χ0v) is 9.89. The fourth-order valence-corrected chi connectivity index (χ4v) is 1.96. The van der Waals surface area contributed by atoms with E-state index in [1.807, 2.05) is 0 Å². The first-order valence-electron chi connectivity index (χ1n) is 5.88. The predicted molar refractivity (Wildman–Crippen MR) is 63.6 cm³/mol. The first-order valence-corrected chi connectivity index (χ1v) is 5.88. The molecule has 5 nitrogen and oxygen atoms in total. The van der Waals surface area contributed by atoms with Crippen LogP contribution in [0.25, 0.3) is 0 Å². The topological polar surface area (TPSA) is 68.4 Å². The Kier molecular flexibility index (Phi) is 5.85. The molecule has 0 atom stereocenters. The highest BCUT2D eigenvalue weighted by atomic mass is 16.4. The van der Waals surface area contributed by atoms with Crippen molar-refractivity contribution >= 4 is 11.4 Å². The Morgan fingerprint density at radius 1 is 0.875 bits per heavy atom. The van der Waals surface area contributed by atoms with Gasteiger partial charge in [-0.1, -0.05) is 10.3 Å².